The number of aromatic carboxylic acids is 1. The van der Waals surface area contributed by atoms with Gasteiger partial charge < -0.3 is 24.9 Å². The largest absolute Gasteiger partial charge is 0.496 e. The maximum Gasteiger partial charge on any atom is 0.417 e. The van der Waals surface area contributed by atoms with Gasteiger partial charge in [0.15, 0.2) is 11.4 Å². The Kier molecular flexibility index (Phi) is 5.04. The Balaban J connectivity index is 1.68. The number of aromatic amines is 1. The van der Waals surface area contributed by atoms with E-state index in [4.69, 9.17) is 9.15 Å². The molecule has 2 heterocycles. The highest BCUT2D eigenvalue weighted by Crippen LogP contribution is 2.28. The smallest absolute Gasteiger partial charge is 0.417 e. The second kappa shape index (κ2) is 7.82. The van der Waals surface area contributed by atoms with Crippen LogP contribution in [-0.4, -0.2) is 33.1 Å². The van der Waals surface area contributed by atoms with Crippen molar-refractivity contribution in [2.24, 2.45) is 0 Å². The molecule has 4 rings (SSSR count). The molecule has 0 saturated heterocycles. The number of nitrogens with zero attached hydrogens (tertiary/aromatic N) is 2. The minimum Gasteiger partial charge on any atom is -0.496 e. The first kappa shape index (κ1) is 20.0. The zero-order valence-electron chi connectivity index (χ0n) is 16.9. The highest BCUT2D eigenvalue weighted by molar-refractivity contribution is 5.94. The fourth-order valence-electron chi connectivity index (χ4n) is 3.10. The molecule has 4 N–H and O–H groups in total. The van der Waals surface area contributed by atoms with E-state index in [9.17, 15) is 14.7 Å². The van der Waals surface area contributed by atoms with Crippen LogP contribution in [0.3, 0.4) is 0 Å². The van der Waals surface area contributed by atoms with Crippen LogP contribution in [0, 0.1) is 13.8 Å². The van der Waals surface area contributed by atoms with E-state index in [-0.39, 0.29) is 17.3 Å². The number of carbonyl (C=O) groups is 1. The van der Waals surface area contributed by atoms with Crippen LogP contribution in [0.5, 0.6) is 5.75 Å². The van der Waals surface area contributed by atoms with Crippen LogP contribution >= 0.6 is 0 Å². The average molecular weight is 421 g/mol. The minimum atomic E-state index is -1.18. The van der Waals surface area contributed by atoms with E-state index in [2.05, 4.69) is 25.6 Å². The van der Waals surface area contributed by atoms with Crippen molar-refractivity contribution in [1.82, 2.24) is 15.0 Å². The van der Waals surface area contributed by atoms with E-state index in [1.807, 2.05) is 26.0 Å². The molecule has 0 aliphatic heterocycles. The number of anilines is 4. The SMILES string of the molecule is COc1cc(Nc2ncc(C(=O)O)c(Nc3ccc4oc(=O)[nH]c4c3)n2)cc(C)c1C. The normalized spacial score (nSPS) is 10.8. The van der Waals surface area contributed by atoms with Gasteiger partial charge in [-0.3, -0.25) is 4.98 Å². The second-order valence-corrected chi connectivity index (χ2v) is 6.86. The Morgan fingerprint density at radius 3 is 2.71 bits per heavy atom. The quantitative estimate of drug-likeness (QED) is 0.366. The molecule has 0 spiro atoms. The third-order valence-electron chi connectivity index (χ3n) is 4.80. The molecule has 0 fully saturated rings. The number of hydrogen-bond donors (Lipinski definition) is 4. The number of ether oxygens (including phenoxy) is 1. The Labute approximate surface area is 175 Å². The van der Waals surface area contributed by atoms with Gasteiger partial charge in [-0.1, -0.05) is 0 Å². The molecule has 0 unspecified atom stereocenters. The number of nitrogens with one attached hydrogen (secondary N) is 3. The van der Waals surface area contributed by atoms with Crippen LogP contribution in [-0.2, 0) is 0 Å². The van der Waals surface area contributed by atoms with Crippen molar-refractivity contribution in [2.45, 2.75) is 13.8 Å². The lowest BCUT2D eigenvalue weighted by Gasteiger charge is -2.13. The van der Waals surface area contributed by atoms with Gasteiger partial charge in [-0.05, 0) is 49.2 Å². The molecule has 0 radical (unpaired) electrons. The molecule has 158 valence electrons. The van der Waals surface area contributed by atoms with E-state index < -0.39 is 11.7 Å². The summed E-state index contributed by atoms with van der Waals surface area (Å²) in [7, 11) is 1.59. The number of H-pyrrole nitrogens is 1. The summed E-state index contributed by atoms with van der Waals surface area (Å²) >= 11 is 0. The maximum atomic E-state index is 11.6. The molecule has 10 heteroatoms. The number of methoxy groups -OCH3 is 1. The fourth-order valence-corrected chi connectivity index (χ4v) is 3.10. The van der Waals surface area contributed by atoms with Crippen LogP contribution in [0.25, 0.3) is 11.1 Å². The predicted octanol–water partition coefficient (Wildman–Crippen LogP) is 3.72. The van der Waals surface area contributed by atoms with Crippen molar-refractivity contribution in [3.05, 3.63) is 63.8 Å². The molecule has 2 aromatic carbocycles. The monoisotopic (exact) mass is 421 g/mol. The lowest BCUT2D eigenvalue weighted by Crippen LogP contribution is -2.08. The van der Waals surface area contributed by atoms with Gasteiger partial charge in [-0.15, -0.1) is 0 Å². The van der Waals surface area contributed by atoms with Crippen molar-refractivity contribution in [2.75, 3.05) is 17.7 Å². The van der Waals surface area contributed by atoms with Gasteiger partial charge >= 0.3 is 11.7 Å². The van der Waals surface area contributed by atoms with E-state index in [1.165, 1.54) is 6.20 Å². The minimum absolute atomic E-state index is 0.0889. The van der Waals surface area contributed by atoms with Crippen LogP contribution in [0.15, 0.2) is 45.7 Å². The van der Waals surface area contributed by atoms with Gasteiger partial charge in [0, 0.05) is 23.6 Å². The van der Waals surface area contributed by atoms with Crippen molar-refractivity contribution in [1.29, 1.82) is 0 Å². The molecule has 31 heavy (non-hydrogen) atoms. The fraction of sp³-hybridized carbons (Fsp3) is 0.143. The average Bonchev–Trinajstić information content (AvgIpc) is 3.09. The third-order valence-corrected chi connectivity index (χ3v) is 4.80. The molecule has 10 nitrogen and oxygen atoms in total. The van der Waals surface area contributed by atoms with E-state index in [0.29, 0.717) is 28.2 Å². The number of rotatable bonds is 6. The number of aryl methyl sites for hydroxylation is 1. The summed E-state index contributed by atoms with van der Waals surface area (Å²) in [5.41, 5.74) is 4.01. The van der Waals surface area contributed by atoms with Crippen LogP contribution in [0.4, 0.5) is 23.1 Å². The summed E-state index contributed by atoms with van der Waals surface area (Å²) in [5.74, 6) is -0.748. The molecular weight excluding hydrogens is 402 g/mol. The Morgan fingerprint density at radius 1 is 1.16 bits per heavy atom. The lowest BCUT2D eigenvalue weighted by molar-refractivity contribution is 0.0697. The van der Waals surface area contributed by atoms with Crippen LogP contribution in [0.1, 0.15) is 21.5 Å². The number of fused-ring (bicyclic) bond motifs is 1. The predicted molar refractivity (Wildman–Crippen MR) is 115 cm³/mol. The van der Waals surface area contributed by atoms with Gasteiger partial charge in [0.2, 0.25) is 5.95 Å². The van der Waals surface area contributed by atoms with Crippen molar-refractivity contribution in [3.8, 4) is 5.75 Å². The first-order chi connectivity index (χ1) is 14.8. The summed E-state index contributed by atoms with van der Waals surface area (Å²) in [6.45, 7) is 3.92. The molecule has 0 atom stereocenters. The van der Waals surface area contributed by atoms with E-state index >= 15 is 0 Å². The first-order valence-corrected chi connectivity index (χ1v) is 9.26. The number of carboxylic acids is 1. The molecule has 4 aromatic rings. The van der Waals surface area contributed by atoms with Crippen molar-refractivity contribution < 1.29 is 19.1 Å². The summed E-state index contributed by atoms with van der Waals surface area (Å²) in [6, 6.07) is 8.59. The maximum absolute atomic E-state index is 11.6. The molecular formula is C21H19N5O5. The summed E-state index contributed by atoms with van der Waals surface area (Å²) in [5, 5.41) is 15.6. The van der Waals surface area contributed by atoms with E-state index in [0.717, 1.165) is 11.1 Å². The topological polar surface area (TPSA) is 142 Å². The summed E-state index contributed by atoms with van der Waals surface area (Å²) in [4.78, 5) is 34.0. The number of benzene rings is 2. The third kappa shape index (κ3) is 4.04. The standard InChI is InChI=1S/C21H19N5O5/c1-10-6-13(8-17(30-3)11(10)2)24-20-22-9-14(19(27)28)18(26-20)23-12-4-5-16-15(7-12)25-21(29)31-16/h4-9H,1-3H3,(H,25,29)(H,27,28)(H2,22,23,24,26). The van der Waals surface area contributed by atoms with E-state index in [1.54, 1.807) is 25.3 Å². The highest BCUT2D eigenvalue weighted by atomic mass is 16.5. The lowest BCUT2D eigenvalue weighted by atomic mass is 10.1. The molecule has 0 bridgehead atoms. The summed E-state index contributed by atoms with van der Waals surface area (Å²) in [6.07, 6.45) is 1.22. The number of oxazole rings is 1. The zero-order chi connectivity index (χ0) is 22.1. The molecule has 0 saturated carbocycles. The van der Waals surface area contributed by atoms with Gasteiger partial charge in [0.25, 0.3) is 0 Å². The molecule has 0 aliphatic rings. The van der Waals surface area contributed by atoms with Crippen molar-refractivity contribution in [3.63, 3.8) is 0 Å². The van der Waals surface area contributed by atoms with Crippen LogP contribution < -0.4 is 21.1 Å². The molecule has 0 aliphatic carbocycles. The molecule has 0 amide bonds. The summed E-state index contributed by atoms with van der Waals surface area (Å²) < 4.78 is 10.4. The highest BCUT2D eigenvalue weighted by Gasteiger charge is 2.15. The van der Waals surface area contributed by atoms with Crippen molar-refractivity contribution >= 4 is 40.2 Å². The first-order valence-electron chi connectivity index (χ1n) is 9.26. The Morgan fingerprint density at radius 2 is 1.97 bits per heavy atom. The zero-order valence-corrected chi connectivity index (χ0v) is 16.9. The molecule has 2 aromatic heterocycles. The Bertz CT molecular complexity index is 1360. The van der Waals surface area contributed by atoms with Gasteiger partial charge in [-0.2, -0.15) is 4.98 Å². The second-order valence-electron chi connectivity index (χ2n) is 6.86. The number of carboxylic acid groups (broad SMARTS) is 1. The van der Waals surface area contributed by atoms with Gasteiger partial charge in [-0.25, -0.2) is 14.6 Å². The number of aromatic nitrogens is 3. The van der Waals surface area contributed by atoms with Gasteiger partial charge in [0.1, 0.15) is 11.3 Å². The van der Waals surface area contributed by atoms with Crippen LogP contribution in [0.2, 0.25) is 0 Å². The number of hydrogen-bond acceptors (Lipinski definition) is 8. The Hall–Kier alpha value is -4.34. The van der Waals surface area contributed by atoms with Gasteiger partial charge in [0.05, 0.1) is 12.6 Å².